The first-order valence-electron chi connectivity index (χ1n) is 5.86. The van der Waals surface area contributed by atoms with Crippen LogP contribution in [0.3, 0.4) is 0 Å². The van der Waals surface area contributed by atoms with Crippen LogP contribution in [-0.4, -0.2) is 9.55 Å². The molecule has 96 valence electrons. The molecule has 0 spiro atoms. The smallest absolute Gasteiger partial charge is 0.207 e. The molecule has 0 aliphatic heterocycles. The zero-order chi connectivity index (χ0) is 13.1. The second-order valence-corrected chi connectivity index (χ2v) is 4.56. The number of rotatable bonds is 4. The zero-order valence-electron chi connectivity index (χ0n) is 10.4. The van der Waals surface area contributed by atoms with Crippen LogP contribution < -0.4 is 5.32 Å². The first kappa shape index (κ1) is 12.9. The monoisotopic (exact) mass is 267 g/mol. The summed E-state index contributed by atoms with van der Waals surface area (Å²) in [4.78, 5) is 4.39. The summed E-state index contributed by atoms with van der Waals surface area (Å²) >= 11 is 5.74. The molecule has 0 atom stereocenters. The molecule has 5 heteroatoms. The number of hydrogen-bond acceptors (Lipinski definition) is 2. The van der Waals surface area contributed by atoms with Crippen LogP contribution in [0.4, 0.5) is 16.0 Å². The zero-order valence-corrected chi connectivity index (χ0v) is 11.1. The van der Waals surface area contributed by atoms with E-state index in [1.165, 1.54) is 6.07 Å². The van der Waals surface area contributed by atoms with Gasteiger partial charge in [-0.3, -0.25) is 0 Å². The molecule has 0 aliphatic carbocycles. The predicted octanol–water partition coefficient (Wildman–Crippen LogP) is 4.14. The van der Waals surface area contributed by atoms with Gasteiger partial charge in [-0.05, 0) is 31.5 Å². The van der Waals surface area contributed by atoms with Crippen LogP contribution in [0.1, 0.15) is 19.0 Å². The molecule has 1 aromatic heterocycles. The van der Waals surface area contributed by atoms with Crippen molar-refractivity contribution in [2.45, 2.75) is 26.8 Å². The molecule has 0 bridgehead atoms. The summed E-state index contributed by atoms with van der Waals surface area (Å²) in [6, 6.07) is 4.53. The lowest BCUT2D eigenvalue weighted by Gasteiger charge is -2.09. The second-order valence-electron chi connectivity index (χ2n) is 4.15. The Morgan fingerprint density at radius 1 is 1.44 bits per heavy atom. The highest BCUT2D eigenvalue weighted by Crippen LogP contribution is 2.22. The van der Waals surface area contributed by atoms with E-state index in [0.717, 1.165) is 30.3 Å². The van der Waals surface area contributed by atoms with Gasteiger partial charge in [0.25, 0.3) is 0 Å². The van der Waals surface area contributed by atoms with E-state index >= 15 is 0 Å². The van der Waals surface area contributed by atoms with Crippen molar-refractivity contribution < 1.29 is 4.39 Å². The van der Waals surface area contributed by atoms with E-state index in [1.807, 2.05) is 17.7 Å². The van der Waals surface area contributed by atoms with Gasteiger partial charge in [0.05, 0.1) is 10.7 Å². The van der Waals surface area contributed by atoms with E-state index in [0.29, 0.717) is 0 Å². The lowest BCUT2D eigenvalue weighted by atomic mass is 10.3. The van der Waals surface area contributed by atoms with Gasteiger partial charge in [0, 0.05) is 18.4 Å². The van der Waals surface area contributed by atoms with Gasteiger partial charge in [0.2, 0.25) is 5.95 Å². The maximum absolute atomic E-state index is 13.1. The summed E-state index contributed by atoms with van der Waals surface area (Å²) in [7, 11) is 0. The van der Waals surface area contributed by atoms with Crippen molar-refractivity contribution in [3.05, 3.63) is 40.9 Å². The number of anilines is 2. The van der Waals surface area contributed by atoms with Gasteiger partial charge in [-0.15, -0.1) is 0 Å². The molecular weight excluding hydrogens is 253 g/mol. The topological polar surface area (TPSA) is 29.9 Å². The number of aryl methyl sites for hydroxylation is 2. The van der Waals surface area contributed by atoms with Crippen molar-refractivity contribution in [3.63, 3.8) is 0 Å². The number of aromatic nitrogens is 2. The highest BCUT2D eigenvalue weighted by atomic mass is 35.5. The number of nitrogens with one attached hydrogen (secondary N) is 1. The van der Waals surface area contributed by atoms with Gasteiger partial charge >= 0.3 is 0 Å². The van der Waals surface area contributed by atoms with E-state index in [2.05, 4.69) is 17.2 Å². The summed E-state index contributed by atoms with van der Waals surface area (Å²) in [5, 5.41) is 3.25. The van der Waals surface area contributed by atoms with Gasteiger partial charge in [0.1, 0.15) is 5.82 Å². The molecule has 0 amide bonds. The third-order valence-corrected chi connectivity index (χ3v) is 2.83. The molecule has 18 heavy (non-hydrogen) atoms. The molecule has 2 aromatic rings. The highest BCUT2D eigenvalue weighted by molar-refractivity contribution is 6.31. The number of hydrogen-bond donors (Lipinski definition) is 1. The van der Waals surface area contributed by atoms with Crippen molar-refractivity contribution in [1.29, 1.82) is 0 Å². The van der Waals surface area contributed by atoms with Crippen molar-refractivity contribution in [2.24, 2.45) is 0 Å². The van der Waals surface area contributed by atoms with Gasteiger partial charge in [-0.1, -0.05) is 18.5 Å². The molecule has 0 saturated heterocycles. The lowest BCUT2D eigenvalue weighted by Crippen LogP contribution is -2.02. The molecule has 1 N–H and O–H groups in total. The fourth-order valence-corrected chi connectivity index (χ4v) is 1.94. The standard InChI is InChI=1S/C13H15ClFN3/c1-3-6-18-8-9(2)16-13(18)17-10-4-5-12(15)11(14)7-10/h4-5,7-8H,3,6H2,1-2H3,(H,16,17). The SMILES string of the molecule is CCCn1cc(C)nc1Nc1ccc(F)c(Cl)c1. The first-order valence-corrected chi connectivity index (χ1v) is 6.23. The van der Waals surface area contributed by atoms with E-state index in [1.54, 1.807) is 12.1 Å². The summed E-state index contributed by atoms with van der Waals surface area (Å²) in [5.41, 5.74) is 1.67. The van der Waals surface area contributed by atoms with Crippen LogP contribution in [0.2, 0.25) is 5.02 Å². The van der Waals surface area contributed by atoms with Crippen LogP contribution in [0.5, 0.6) is 0 Å². The minimum Gasteiger partial charge on any atom is -0.326 e. The fourth-order valence-electron chi connectivity index (χ4n) is 1.76. The molecule has 0 fully saturated rings. The molecule has 1 heterocycles. The lowest BCUT2D eigenvalue weighted by molar-refractivity contribution is 0.628. The van der Waals surface area contributed by atoms with Crippen molar-refractivity contribution >= 4 is 23.2 Å². The Hall–Kier alpha value is -1.55. The Kier molecular flexibility index (Phi) is 3.87. The Morgan fingerprint density at radius 3 is 2.89 bits per heavy atom. The van der Waals surface area contributed by atoms with E-state index in [-0.39, 0.29) is 5.02 Å². The predicted molar refractivity (Wildman–Crippen MR) is 71.9 cm³/mol. The maximum atomic E-state index is 13.1. The number of nitrogens with zero attached hydrogens (tertiary/aromatic N) is 2. The normalized spacial score (nSPS) is 10.7. The maximum Gasteiger partial charge on any atom is 0.207 e. The van der Waals surface area contributed by atoms with Gasteiger partial charge in [-0.25, -0.2) is 9.37 Å². The van der Waals surface area contributed by atoms with Gasteiger partial charge < -0.3 is 9.88 Å². The quantitative estimate of drug-likeness (QED) is 0.902. The van der Waals surface area contributed by atoms with E-state index in [9.17, 15) is 4.39 Å². The largest absolute Gasteiger partial charge is 0.326 e. The highest BCUT2D eigenvalue weighted by Gasteiger charge is 2.06. The Labute approximate surface area is 111 Å². The van der Waals surface area contributed by atoms with Crippen LogP contribution >= 0.6 is 11.6 Å². The number of imidazole rings is 1. The van der Waals surface area contributed by atoms with Crippen molar-refractivity contribution in [1.82, 2.24) is 9.55 Å². The molecule has 0 saturated carbocycles. The molecule has 0 radical (unpaired) electrons. The summed E-state index contributed by atoms with van der Waals surface area (Å²) in [6.07, 6.45) is 3.01. The second kappa shape index (κ2) is 5.40. The summed E-state index contributed by atoms with van der Waals surface area (Å²) in [6.45, 7) is 4.93. The molecular formula is C13H15ClFN3. The molecule has 0 aliphatic rings. The van der Waals surface area contributed by atoms with E-state index in [4.69, 9.17) is 11.6 Å². The molecule has 1 aromatic carbocycles. The van der Waals surface area contributed by atoms with Crippen LogP contribution in [0, 0.1) is 12.7 Å². The average molecular weight is 268 g/mol. The van der Waals surface area contributed by atoms with E-state index < -0.39 is 5.82 Å². The average Bonchev–Trinajstić information content (AvgIpc) is 2.65. The first-order chi connectivity index (χ1) is 8.60. The van der Waals surface area contributed by atoms with Crippen LogP contribution in [0.25, 0.3) is 0 Å². The van der Waals surface area contributed by atoms with Gasteiger partial charge in [-0.2, -0.15) is 0 Å². The van der Waals surface area contributed by atoms with Gasteiger partial charge in [0.15, 0.2) is 0 Å². The number of halogens is 2. The Balaban J connectivity index is 2.24. The minimum absolute atomic E-state index is 0.102. The third kappa shape index (κ3) is 2.82. The van der Waals surface area contributed by atoms with Crippen LogP contribution in [-0.2, 0) is 6.54 Å². The Morgan fingerprint density at radius 2 is 2.22 bits per heavy atom. The molecule has 3 nitrogen and oxygen atoms in total. The van der Waals surface area contributed by atoms with Crippen molar-refractivity contribution in [2.75, 3.05) is 5.32 Å². The minimum atomic E-state index is -0.421. The fraction of sp³-hybridized carbons (Fsp3) is 0.308. The molecule has 0 unspecified atom stereocenters. The van der Waals surface area contributed by atoms with Crippen LogP contribution in [0.15, 0.2) is 24.4 Å². The number of benzene rings is 1. The van der Waals surface area contributed by atoms with Crippen molar-refractivity contribution in [3.8, 4) is 0 Å². The Bertz CT molecular complexity index is 551. The summed E-state index contributed by atoms with van der Waals surface area (Å²) < 4.78 is 15.1. The molecule has 2 rings (SSSR count). The summed E-state index contributed by atoms with van der Waals surface area (Å²) in [5.74, 6) is 0.326. The third-order valence-electron chi connectivity index (χ3n) is 2.54.